The van der Waals surface area contributed by atoms with Gasteiger partial charge in [0, 0.05) is 11.2 Å². The van der Waals surface area contributed by atoms with E-state index in [0.717, 1.165) is 0 Å². The van der Waals surface area contributed by atoms with Crippen LogP contribution in [0.4, 0.5) is 5.69 Å². The van der Waals surface area contributed by atoms with Gasteiger partial charge in [-0.3, -0.25) is 14.4 Å². The predicted molar refractivity (Wildman–Crippen MR) is 143 cm³/mol. The van der Waals surface area contributed by atoms with Crippen LogP contribution in [0.3, 0.4) is 0 Å². The van der Waals surface area contributed by atoms with Gasteiger partial charge in [0.15, 0.2) is 0 Å². The monoisotopic (exact) mass is 519 g/mol. The molecule has 5 rings (SSSR count). The van der Waals surface area contributed by atoms with Gasteiger partial charge in [-0.2, -0.15) is 0 Å². The predicted octanol–water partition coefficient (Wildman–Crippen LogP) is 3.28. The topological polar surface area (TPSA) is 108 Å². The van der Waals surface area contributed by atoms with Crippen LogP contribution < -0.4 is 10.6 Å². The minimum absolute atomic E-state index is 0.0766. The molecule has 2 bridgehead atoms. The largest absolute Gasteiger partial charge is 0.394 e. The van der Waals surface area contributed by atoms with Crippen LogP contribution in [0.1, 0.15) is 52.6 Å². The van der Waals surface area contributed by atoms with Crippen LogP contribution in [0.2, 0.25) is 0 Å². The van der Waals surface area contributed by atoms with E-state index in [1.165, 1.54) is 4.90 Å². The molecule has 3 aliphatic heterocycles. The van der Waals surface area contributed by atoms with Gasteiger partial charge < -0.3 is 25.4 Å². The van der Waals surface area contributed by atoms with Crippen molar-refractivity contribution in [3.63, 3.8) is 0 Å². The van der Waals surface area contributed by atoms with Crippen molar-refractivity contribution in [3.8, 4) is 0 Å². The van der Waals surface area contributed by atoms with Crippen molar-refractivity contribution in [2.75, 3.05) is 11.9 Å². The summed E-state index contributed by atoms with van der Waals surface area (Å²) < 4.78 is 6.77. The molecule has 0 aliphatic carbocycles. The van der Waals surface area contributed by atoms with Crippen molar-refractivity contribution in [2.45, 2.75) is 69.9 Å². The van der Waals surface area contributed by atoms with Crippen molar-refractivity contribution in [3.05, 3.63) is 66.2 Å². The molecule has 0 radical (unpaired) electrons. The zero-order chi connectivity index (χ0) is 27.5. The summed E-state index contributed by atoms with van der Waals surface area (Å²) in [4.78, 5) is 43.8. The molecule has 7 atom stereocenters. The number of likely N-dealkylation sites (tertiary alicyclic amines) is 1. The Morgan fingerprint density at radius 1 is 1.08 bits per heavy atom. The SMILES string of the molecule is CC1CC23O[C@]1(C)[C@@H](C(=O)Nc1ccccc1)[C@H]2C(=O)N([C@H](CO)c1ccccc1)C3C(=O)NC(C)(C)C. The lowest BCUT2D eigenvalue weighted by molar-refractivity contribution is -0.150. The molecule has 2 aromatic rings. The summed E-state index contributed by atoms with van der Waals surface area (Å²) in [6.07, 6.45) is 0.459. The minimum Gasteiger partial charge on any atom is -0.394 e. The highest BCUT2D eigenvalue weighted by Gasteiger charge is 2.80. The summed E-state index contributed by atoms with van der Waals surface area (Å²) in [6, 6.07) is 16.6. The highest BCUT2D eigenvalue weighted by molar-refractivity contribution is 6.02. The zero-order valence-electron chi connectivity index (χ0n) is 22.6. The highest BCUT2D eigenvalue weighted by Crippen LogP contribution is 2.66. The zero-order valence-corrected chi connectivity index (χ0v) is 22.6. The van der Waals surface area contributed by atoms with E-state index in [1.807, 2.05) is 83.1 Å². The Bertz CT molecular complexity index is 1230. The summed E-state index contributed by atoms with van der Waals surface area (Å²) in [7, 11) is 0. The smallest absolute Gasteiger partial charge is 0.246 e. The number of hydrogen-bond acceptors (Lipinski definition) is 5. The van der Waals surface area contributed by atoms with E-state index in [9.17, 15) is 19.5 Å². The van der Waals surface area contributed by atoms with E-state index >= 15 is 0 Å². The second-order valence-corrected chi connectivity index (χ2v) is 12.2. The fourth-order valence-electron chi connectivity index (χ4n) is 6.92. The lowest BCUT2D eigenvalue weighted by Gasteiger charge is -2.38. The van der Waals surface area contributed by atoms with Gasteiger partial charge in [-0.25, -0.2) is 0 Å². The van der Waals surface area contributed by atoms with Gasteiger partial charge in [-0.15, -0.1) is 0 Å². The Morgan fingerprint density at radius 3 is 2.26 bits per heavy atom. The molecular formula is C30H37N3O5. The number of nitrogens with zero attached hydrogens (tertiary/aromatic N) is 1. The van der Waals surface area contributed by atoms with Crippen LogP contribution in [0.15, 0.2) is 60.7 Å². The molecule has 3 saturated heterocycles. The molecule has 3 aliphatic rings. The van der Waals surface area contributed by atoms with E-state index in [1.54, 1.807) is 12.1 Å². The van der Waals surface area contributed by atoms with Crippen LogP contribution in [0.5, 0.6) is 0 Å². The Morgan fingerprint density at radius 2 is 1.68 bits per heavy atom. The summed E-state index contributed by atoms with van der Waals surface area (Å²) in [6.45, 7) is 9.18. The Kier molecular flexibility index (Phi) is 6.39. The number of rotatable bonds is 6. The Labute approximate surface area is 223 Å². The van der Waals surface area contributed by atoms with Gasteiger partial charge in [0.2, 0.25) is 17.7 Å². The number of ether oxygens (including phenoxy) is 1. The number of anilines is 1. The standard InChI is InChI=1S/C30H37N3O5/c1-18-16-30-23(22(29(18,5)38-30)25(35)31-20-14-10-7-11-15-20)27(37)33(24(30)26(36)32-28(2,3)4)21(17-34)19-12-8-6-9-13-19/h6-15,18,21-24,34H,16-17H2,1-5H3,(H,31,35)(H,32,36)/t18?,21-,22-,23+,24?,29+,30?/m1/s1. The summed E-state index contributed by atoms with van der Waals surface area (Å²) in [5.41, 5.74) is -1.33. The molecular weight excluding hydrogens is 482 g/mol. The number of para-hydroxylation sites is 1. The maximum absolute atomic E-state index is 14.4. The third kappa shape index (κ3) is 4.01. The highest BCUT2D eigenvalue weighted by atomic mass is 16.5. The number of fused-ring (bicyclic) bond motifs is 1. The van der Waals surface area contributed by atoms with E-state index in [-0.39, 0.29) is 30.2 Å². The fourth-order valence-corrected chi connectivity index (χ4v) is 6.92. The van der Waals surface area contributed by atoms with Gasteiger partial charge in [0.05, 0.1) is 30.1 Å². The van der Waals surface area contributed by atoms with E-state index in [2.05, 4.69) is 10.6 Å². The van der Waals surface area contributed by atoms with Crippen molar-refractivity contribution >= 4 is 23.4 Å². The van der Waals surface area contributed by atoms with Crippen molar-refractivity contribution in [1.82, 2.24) is 10.2 Å². The molecule has 2 aromatic carbocycles. The molecule has 0 saturated carbocycles. The third-order valence-corrected chi connectivity index (χ3v) is 8.52. The van der Waals surface area contributed by atoms with Crippen LogP contribution in [0.25, 0.3) is 0 Å². The van der Waals surface area contributed by atoms with Crippen molar-refractivity contribution in [2.24, 2.45) is 17.8 Å². The third-order valence-electron chi connectivity index (χ3n) is 8.52. The summed E-state index contributed by atoms with van der Waals surface area (Å²) in [5, 5.41) is 16.6. The number of carbonyl (C=O) groups is 3. The van der Waals surface area contributed by atoms with Crippen molar-refractivity contribution in [1.29, 1.82) is 0 Å². The molecule has 8 heteroatoms. The lowest BCUT2D eigenvalue weighted by atomic mass is 9.62. The second kappa shape index (κ2) is 9.20. The average molecular weight is 520 g/mol. The molecule has 202 valence electrons. The van der Waals surface area contributed by atoms with Crippen LogP contribution in [-0.4, -0.2) is 57.1 Å². The van der Waals surface area contributed by atoms with Crippen LogP contribution in [-0.2, 0) is 19.1 Å². The van der Waals surface area contributed by atoms with Gasteiger partial charge in [0.1, 0.15) is 11.6 Å². The fraction of sp³-hybridized carbons (Fsp3) is 0.500. The Hall–Kier alpha value is -3.23. The van der Waals surface area contributed by atoms with Gasteiger partial charge >= 0.3 is 0 Å². The molecule has 8 nitrogen and oxygen atoms in total. The molecule has 3 unspecified atom stereocenters. The molecule has 1 spiro atoms. The second-order valence-electron chi connectivity index (χ2n) is 12.2. The first kappa shape index (κ1) is 26.4. The molecule has 3 fully saturated rings. The number of amides is 3. The molecule has 3 amide bonds. The molecule has 3 N–H and O–H groups in total. The molecule has 3 heterocycles. The first-order chi connectivity index (χ1) is 17.9. The van der Waals surface area contributed by atoms with Crippen molar-refractivity contribution < 1.29 is 24.2 Å². The normalized spacial score (nSPS) is 32.7. The summed E-state index contributed by atoms with van der Waals surface area (Å²) >= 11 is 0. The first-order valence-electron chi connectivity index (χ1n) is 13.3. The van der Waals surface area contributed by atoms with Gasteiger partial charge in [-0.1, -0.05) is 55.5 Å². The first-order valence-corrected chi connectivity index (χ1v) is 13.3. The summed E-state index contributed by atoms with van der Waals surface area (Å²) in [5.74, 6) is -2.73. The van der Waals surface area contributed by atoms with Crippen LogP contribution in [0, 0.1) is 17.8 Å². The molecule has 38 heavy (non-hydrogen) atoms. The maximum Gasteiger partial charge on any atom is 0.246 e. The van der Waals surface area contributed by atoms with E-state index in [0.29, 0.717) is 17.7 Å². The van der Waals surface area contributed by atoms with E-state index in [4.69, 9.17) is 4.74 Å². The molecule has 0 aromatic heterocycles. The Balaban J connectivity index is 1.62. The number of carbonyl (C=O) groups excluding carboxylic acids is 3. The average Bonchev–Trinajstić information content (AvgIpc) is 3.37. The number of benzene rings is 2. The number of aliphatic hydroxyl groups is 1. The lowest BCUT2D eigenvalue weighted by Crippen LogP contribution is -2.59. The van der Waals surface area contributed by atoms with Crippen LogP contribution >= 0.6 is 0 Å². The van der Waals surface area contributed by atoms with E-state index < -0.39 is 40.7 Å². The number of nitrogens with one attached hydrogen (secondary N) is 2. The minimum atomic E-state index is -1.19. The van der Waals surface area contributed by atoms with Gasteiger partial charge in [0.25, 0.3) is 0 Å². The quantitative estimate of drug-likeness (QED) is 0.543. The maximum atomic E-state index is 14.4. The number of hydrogen-bond donors (Lipinski definition) is 3. The van der Waals surface area contributed by atoms with Gasteiger partial charge in [-0.05, 0) is 57.7 Å². The number of aliphatic hydroxyl groups excluding tert-OH is 1.